The molecule has 0 N–H and O–H groups in total. The molecule has 0 radical (unpaired) electrons. The number of methoxy groups -OCH3 is 1. The molecule has 0 unspecified atom stereocenters. The van der Waals surface area contributed by atoms with Crippen molar-refractivity contribution in [3.8, 4) is 0 Å². The smallest absolute Gasteiger partial charge is 0.332 e. The zero-order valence-corrected chi connectivity index (χ0v) is 12.4. The van der Waals surface area contributed by atoms with E-state index in [0.29, 0.717) is 12.2 Å². The van der Waals surface area contributed by atoms with Crippen LogP contribution < -0.4 is 0 Å². The van der Waals surface area contributed by atoms with E-state index < -0.39 is 5.97 Å². The highest BCUT2D eigenvalue weighted by molar-refractivity contribution is 6.09. The number of esters is 1. The minimum absolute atomic E-state index is 0.194. The number of allylic oxidation sites excluding steroid dienone is 1. The molecule has 0 saturated carbocycles. The number of ether oxygens (including phenoxy) is 1. The van der Waals surface area contributed by atoms with Gasteiger partial charge in [0.1, 0.15) is 5.82 Å². The molecule has 1 aromatic rings. The average Bonchev–Trinajstić information content (AvgIpc) is 2.77. The van der Waals surface area contributed by atoms with E-state index in [4.69, 9.17) is 0 Å². The maximum absolute atomic E-state index is 12.1. The summed E-state index contributed by atoms with van der Waals surface area (Å²) in [6.45, 7) is 0.513. The third-order valence-corrected chi connectivity index (χ3v) is 3.18. The average molecular weight is 286 g/mol. The van der Waals surface area contributed by atoms with Crippen LogP contribution in [0.4, 0.5) is 0 Å². The number of carbonyl (C=O) groups is 2. The Kier molecular flexibility index (Phi) is 4.42. The van der Waals surface area contributed by atoms with Gasteiger partial charge in [0.25, 0.3) is 0 Å². The van der Waals surface area contributed by atoms with Gasteiger partial charge in [-0.25, -0.2) is 4.79 Å². The molecule has 21 heavy (non-hydrogen) atoms. The first-order valence-electron chi connectivity index (χ1n) is 6.57. The van der Waals surface area contributed by atoms with Crippen LogP contribution in [0.5, 0.6) is 0 Å². The van der Waals surface area contributed by atoms with E-state index in [2.05, 4.69) is 4.74 Å². The molecular weight excluding hydrogens is 268 g/mol. The molecule has 1 heterocycles. The van der Waals surface area contributed by atoms with Gasteiger partial charge in [0.05, 0.1) is 18.9 Å². The summed E-state index contributed by atoms with van der Waals surface area (Å²) in [6.07, 6.45) is 2.76. The van der Waals surface area contributed by atoms with Gasteiger partial charge in [0.2, 0.25) is 5.78 Å². The van der Waals surface area contributed by atoms with Crippen LogP contribution in [-0.4, -0.2) is 42.8 Å². The lowest BCUT2D eigenvalue weighted by atomic mass is 10.2. The Morgan fingerprint density at radius 1 is 1.29 bits per heavy atom. The Morgan fingerprint density at radius 3 is 2.52 bits per heavy atom. The Balaban J connectivity index is 2.34. The van der Waals surface area contributed by atoms with Crippen molar-refractivity contribution in [3.05, 3.63) is 59.6 Å². The number of nitrogens with zero attached hydrogens (tertiary/aromatic N) is 2. The first kappa shape index (κ1) is 14.8. The summed E-state index contributed by atoms with van der Waals surface area (Å²) in [4.78, 5) is 27.3. The number of rotatable bonds is 4. The summed E-state index contributed by atoms with van der Waals surface area (Å²) in [5, 5.41) is 0. The molecule has 0 aromatic heterocycles. The lowest BCUT2D eigenvalue weighted by Crippen LogP contribution is -2.28. The fourth-order valence-electron chi connectivity index (χ4n) is 2.15. The van der Waals surface area contributed by atoms with Gasteiger partial charge in [-0.05, 0) is 5.56 Å². The van der Waals surface area contributed by atoms with Gasteiger partial charge in [0.15, 0.2) is 0 Å². The predicted molar refractivity (Wildman–Crippen MR) is 78.9 cm³/mol. The van der Waals surface area contributed by atoms with Gasteiger partial charge in [-0.15, -0.1) is 0 Å². The molecule has 5 heteroatoms. The lowest BCUT2D eigenvalue weighted by Gasteiger charge is -2.27. The second-order valence-electron chi connectivity index (χ2n) is 4.89. The van der Waals surface area contributed by atoms with Gasteiger partial charge >= 0.3 is 5.97 Å². The van der Waals surface area contributed by atoms with Crippen LogP contribution in [-0.2, 0) is 20.9 Å². The molecule has 0 bridgehead atoms. The van der Waals surface area contributed by atoms with E-state index in [1.807, 2.05) is 54.2 Å². The van der Waals surface area contributed by atoms with Crippen LogP contribution in [0.1, 0.15) is 5.56 Å². The Hall–Kier alpha value is -2.56. The molecular formula is C16H18N2O3. The summed E-state index contributed by atoms with van der Waals surface area (Å²) in [7, 11) is 5.01. The van der Waals surface area contributed by atoms with E-state index >= 15 is 0 Å². The maximum atomic E-state index is 12.1. The first-order chi connectivity index (χ1) is 10.0. The van der Waals surface area contributed by atoms with Crippen molar-refractivity contribution in [2.45, 2.75) is 6.54 Å². The molecule has 1 aliphatic heterocycles. The zero-order valence-electron chi connectivity index (χ0n) is 12.4. The van der Waals surface area contributed by atoms with Crippen molar-refractivity contribution in [2.75, 3.05) is 21.2 Å². The molecule has 0 aliphatic carbocycles. The highest BCUT2D eigenvalue weighted by atomic mass is 16.5. The molecule has 0 atom stereocenters. The molecule has 0 amide bonds. The van der Waals surface area contributed by atoms with Crippen molar-refractivity contribution in [2.24, 2.45) is 0 Å². The quantitative estimate of drug-likeness (QED) is 0.620. The number of hydrogen-bond donors (Lipinski definition) is 0. The lowest BCUT2D eigenvalue weighted by molar-refractivity contribution is -0.135. The monoisotopic (exact) mass is 286 g/mol. The largest absolute Gasteiger partial charge is 0.466 e. The van der Waals surface area contributed by atoms with E-state index in [-0.39, 0.29) is 5.78 Å². The van der Waals surface area contributed by atoms with Crippen LogP contribution in [0.2, 0.25) is 0 Å². The Bertz CT molecular complexity index is 603. The SMILES string of the molecule is COC(=O)/C=C1/C(=O)C=C(N(C)C)N1Cc1ccccc1. The molecule has 110 valence electrons. The van der Waals surface area contributed by atoms with Gasteiger partial charge in [-0.2, -0.15) is 0 Å². The number of carbonyl (C=O) groups excluding carboxylic acids is 2. The van der Waals surface area contributed by atoms with Gasteiger partial charge < -0.3 is 14.5 Å². The van der Waals surface area contributed by atoms with Crippen molar-refractivity contribution < 1.29 is 14.3 Å². The van der Waals surface area contributed by atoms with E-state index in [9.17, 15) is 9.59 Å². The minimum Gasteiger partial charge on any atom is -0.466 e. The minimum atomic E-state index is -0.537. The first-order valence-corrected chi connectivity index (χ1v) is 6.57. The summed E-state index contributed by atoms with van der Waals surface area (Å²) in [5.74, 6) is 0.0175. The number of benzene rings is 1. The van der Waals surface area contributed by atoms with Crippen molar-refractivity contribution >= 4 is 11.8 Å². The summed E-state index contributed by atoms with van der Waals surface area (Å²) < 4.78 is 4.62. The molecule has 0 spiro atoms. The van der Waals surface area contributed by atoms with Crippen LogP contribution in [0.15, 0.2) is 54.0 Å². The standard InChI is InChI=1S/C16H18N2O3/c1-17(2)15-10-14(19)13(9-16(20)21-3)18(15)11-12-7-5-4-6-8-12/h4-10H,11H2,1-3H3/b13-9-. The summed E-state index contributed by atoms with van der Waals surface area (Å²) in [6, 6.07) is 9.77. The topological polar surface area (TPSA) is 49.9 Å². The van der Waals surface area contributed by atoms with Gasteiger partial charge in [0, 0.05) is 26.7 Å². The molecule has 1 aromatic carbocycles. The Labute approximate surface area is 124 Å². The second-order valence-corrected chi connectivity index (χ2v) is 4.89. The van der Waals surface area contributed by atoms with Gasteiger partial charge in [-0.3, -0.25) is 4.79 Å². The summed E-state index contributed by atoms with van der Waals surface area (Å²) >= 11 is 0. The molecule has 2 rings (SSSR count). The highest BCUT2D eigenvalue weighted by Gasteiger charge is 2.29. The summed E-state index contributed by atoms with van der Waals surface area (Å²) in [5.41, 5.74) is 1.38. The molecule has 0 fully saturated rings. The van der Waals surface area contributed by atoms with Crippen LogP contribution in [0.3, 0.4) is 0 Å². The molecule has 1 aliphatic rings. The normalized spacial score (nSPS) is 16.1. The third kappa shape index (κ3) is 3.31. The van der Waals surface area contributed by atoms with Crippen molar-refractivity contribution in [1.82, 2.24) is 9.80 Å². The second kappa shape index (κ2) is 6.26. The van der Waals surface area contributed by atoms with Crippen molar-refractivity contribution in [3.63, 3.8) is 0 Å². The van der Waals surface area contributed by atoms with Crippen molar-refractivity contribution in [1.29, 1.82) is 0 Å². The number of hydrogen-bond acceptors (Lipinski definition) is 5. The van der Waals surface area contributed by atoms with Gasteiger partial charge in [-0.1, -0.05) is 30.3 Å². The highest BCUT2D eigenvalue weighted by Crippen LogP contribution is 2.26. The molecule has 0 saturated heterocycles. The fraction of sp³-hybridized carbons (Fsp3) is 0.250. The zero-order chi connectivity index (χ0) is 15.4. The van der Waals surface area contributed by atoms with Crippen LogP contribution in [0.25, 0.3) is 0 Å². The van der Waals surface area contributed by atoms with Crippen LogP contribution in [0, 0.1) is 0 Å². The predicted octanol–water partition coefficient (Wildman–Crippen LogP) is 1.53. The van der Waals surface area contributed by atoms with E-state index in [0.717, 1.165) is 11.4 Å². The maximum Gasteiger partial charge on any atom is 0.332 e. The van der Waals surface area contributed by atoms with Crippen LogP contribution >= 0.6 is 0 Å². The third-order valence-electron chi connectivity index (χ3n) is 3.18. The Morgan fingerprint density at radius 2 is 1.95 bits per heavy atom. The fourth-order valence-corrected chi connectivity index (χ4v) is 2.15. The van der Waals surface area contributed by atoms with E-state index in [1.54, 1.807) is 0 Å². The van der Waals surface area contributed by atoms with E-state index in [1.165, 1.54) is 19.3 Å². The molecule has 5 nitrogen and oxygen atoms in total. The number of ketones is 1.